The molecule has 9 heteroatoms. The van der Waals surface area contributed by atoms with E-state index in [-0.39, 0.29) is 11.3 Å². The van der Waals surface area contributed by atoms with Crippen LogP contribution < -0.4 is 10.2 Å². The summed E-state index contributed by atoms with van der Waals surface area (Å²) in [5, 5.41) is 15.8. The van der Waals surface area contributed by atoms with Crippen molar-refractivity contribution >= 4 is 56.1 Å². The van der Waals surface area contributed by atoms with Gasteiger partial charge in [-0.25, -0.2) is 4.98 Å². The van der Waals surface area contributed by atoms with E-state index in [1.54, 1.807) is 30.3 Å². The Balaban J connectivity index is 1.42. The fraction of sp³-hybridized carbons (Fsp3) is 0.167. The van der Waals surface area contributed by atoms with Crippen LogP contribution in [-0.2, 0) is 0 Å². The number of aromatic nitrogens is 1. The van der Waals surface area contributed by atoms with Crippen molar-refractivity contribution in [3.05, 3.63) is 81.4 Å². The molecule has 4 aromatic rings. The van der Waals surface area contributed by atoms with E-state index in [1.165, 1.54) is 17.4 Å². The number of thiazole rings is 1. The molecule has 166 valence electrons. The van der Waals surface area contributed by atoms with Crippen molar-refractivity contribution in [2.45, 2.75) is 12.8 Å². The lowest BCUT2D eigenvalue weighted by Gasteiger charge is -2.17. The molecular weight excluding hydrogens is 460 g/mol. The Kier molecular flexibility index (Phi) is 5.70. The van der Waals surface area contributed by atoms with Gasteiger partial charge in [0.05, 0.1) is 20.2 Å². The number of anilines is 2. The zero-order chi connectivity index (χ0) is 22.9. The average Bonchev–Trinajstić information content (AvgIpc) is 3.50. The van der Waals surface area contributed by atoms with Gasteiger partial charge in [-0.05, 0) is 55.3 Å². The predicted octanol–water partition coefficient (Wildman–Crippen LogP) is 6.38. The summed E-state index contributed by atoms with van der Waals surface area (Å²) < 4.78 is 1.04. The largest absolute Gasteiger partial charge is 0.366 e. The number of hydrogen-bond donors (Lipinski definition) is 1. The van der Waals surface area contributed by atoms with E-state index in [4.69, 9.17) is 11.6 Å². The molecule has 0 aliphatic carbocycles. The average molecular weight is 479 g/mol. The first-order valence-electron chi connectivity index (χ1n) is 10.5. The van der Waals surface area contributed by atoms with Gasteiger partial charge in [0.25, 0.3) is 11.6 Å². The van der Waals surface area contributed by atoms with E-state index < -0.39 is 10.8 Å². The Morgan fingerprint density at radius 1 is 1.09 bits per heavy atom. The van der Waals surface area contributed by atoms with Crippen molar-refractivity contribution in [2.24, 2.45) is 0 Å². The summed E-state index contributed by atoms with van der Waals surface area (Å²) in [6.07, 6.45) is 2.01. The highest BCUT2D eigenvalue weighted by molar-refractivity contribution is 7.21. The van der Waals surface area contributed by atoms with Crippen LogP contribution in [0.1, 0.15) is 23.2 Å². The molecule has 1 saturated heterocycles. The second kappa shape index (κ2) is 8.80. The van der Waals surface area contributed by atoms with Crippen molar-refractivity contribution < 1.29 is 9.72 Å². The van der Waals surface area contributed by atoms with Crippen LogP contribution in [-0.4, -0.2) is 28.9 Å². The van der Waals surface area contributed by atoms with Crippen molar-refractivity contribution in [2.75, 3.05) is 23.3 Å². The summed E-state index contributed by atoms with van der Waals surface area (Å²) >= 11 is 7.94. The molecule has 33 heavy (non-hydrogen) atoms. The normalized spacial score (nSPS) is 13.4. The third-order valence-electron chi connectivity index (χ3n) is 5.63. The van der Waals surface area contributed by atoms with E-state index >= 15 is 0 Å². The van der Waals surface area contributed by atoms with Crippen molar-refractivity contribution in [1.29, 1.82) is 0 Å². The number of nitro groups is 1. The highest BCUT2D eigenvalue weighted by Gasteiger charge is 2.24. The van der Waals surface area contributed by atoms with Gasteiger partial charge >= 0.3 is 0 Å². The van der Waals surface area contributed by atoms with Gasteiger partial charge in [-0.3, -0.25) is 14.9 Å². The minimum absolute atomic E-state index is 0.0594. The molecule has 7 nitrogen and oxygen atoms in total. The first-order valence-corrected chi connectivity index (χ1v) is 11.7. The lowest BCUT2D eigenvalue weighted by atomic mass is 10.1. The molecule has 1 aliphatic heterocycles. The molecule has 1 amide bonds. The molecule has 0 spiro atoms. The van der Waals surface area contributed by atoms with Gasteiger partial charge in [-0.15, -0.1) is 11.3 Å². The number of fused-ring (bicyclic) bond motifs is 1. The maximum absolute atomic E-state index is 12.9. The number of nitrogens with one attached hydrogen (secondary N) is 1. The van der Waals surface area contributed by atoms with Crippen molar-refractivity contribution in [1.82, 2.24) is 4.98 Å². The molecular formula is C24H19ClN4O3S. The Bertz CT molecular complexity index is 1350. The van der Waals surface area contributed by atoms with Gasteiger partial charge in [0, 0.05) is 36.0 Å². The molecule has 0 bridgehead atoms. The molecule has 0 radical (unpaired) electrons. The fourth-order valence-corrected chi connectivity index (χ4v) is 5.25. The highest BCUT2D eigenvalue weighted by atomic mass is 35.5. The first kappa shape index (κ1) is 21.4. The first-order chi connectivity index (χ1) is 16.0. The Hall–Kier alpha value is -3.49. The number of para-hydroxylation sites is 1. The molecule has 1 aliphatic rings. The number of halogens is 1. The van der Waals surface area contributed by atoms with Gasteiger partial charge in [0.2, 0.25) is 0 Å². The van der Waals surface area contributed by atoms with Gasteiger partial charge in [-0.1, -0.05) is 23.7 Å². The van der Waals surface area contributed by atoms with Gasteiger partial charge in [0.1, 0.15) is 10.7 Å². The Morgan fingerprint density at radius 2 is 1.88 bits per heavy atom. The number of rotatable bonds is 5. The van der Waals surface area contributed by atoms with E-state index in [2.05, 4.69) is 10.3 Å². The molecule has 2 heterocycles. The van der Waals surface area contributed by atoms with E-state index in [0.717, 1.165) is 41.2 Å². The number of nitro benzene ring substituents is 1. The second-order valence-corrected chi connectivity index (χ2v) is 9.23. The molecule has 0 atom stereocenters. The number of nitrogens with zero attached hydrogens (tertiary/aromatic N) is 3. The molecule has 0 saturated carbocycles. The molecule has 1 N–H and O–H groups in total. The summed E-state index contributed by atoms with van der Waals surface area (Å²) in [7, 11) is 0. The van der Waals surface area contributed by atoms with Crippen LogP contribution in [0.4, 0.5) is 17.1 Å². The summed E-state index contributed by atoms with van der Waals surface area (Å²) in [6.45, 7) is 1.57. The van der Waals surface area contributed by atoms with Crippen LogP contribution >= 0.6 is 22.9 Å². The van der Waals surface area contributed by atoms with Crippen LogP contribution in [0.2, 0.25) is 5.02 Å². The summed E-state index contributed by atoms with van der Waals surface area (Å²) in [5.41, 5.74) is 2.85. The lowest BCUT2D eigenvalue weighted by molar-refractivity contribution is -0.384. The SMILES string of the molecule is O=C(Nc1ccc(Cl)c(-c2nc3ccccc3s2)c1)c1ccc(N2CCCC2)c([N+](=O)[O-])c1. The Morgan fingerprint density at radius 3 is 2.64 bits per heavy atom. The smallest absolute Gasteiger partial charge is 0.293 e. The number of carbonyl (C=O) groups is 1. The Labute approximate surface area is 198 Å². The summed E-state index contributed by atoms with van der Waals surface area (Å²) in [6, 6.07) is 17.6. The fourth-order valence-electron chi connectivity index (χ4n) is 3.99. The number of hydrogen-bond acceptors (Lipinski definition) is 6. The second-order valence-electron chi connectivity index (χ2n) is 7.79. The van der Waals surface area contributed by atoms with Crippen LogP contribution in [0.3, 0.4) is 0 Å². The number of benzene rings is 3. The summed E-state index contributed by atoms with van der Waals surface area (Å²) in [5.74, 6) is -0.427. The van der Waals surface area contributed by atoms with Gasteiger partial charge in [-0.2, -0.15) is 0 Å². The lowest BCUT2D eigenvalue weighted by Crippen LogP contribution is -2.19. The predicted molar refractivity (Wildman–Crippen MR) is 133 cm³/mol. The quantitative estimate of drug-likeness (QED) is 0.265. The third kappa shape index (κ3) is 4.27. The zero-order valence-electron chi connectivity index (χ0n) is 17.5. The van der Waals surface area contributed by atoms with Crippen molar-refractivity contribution in [3.63, 3.8) is 0 Å². The van der Waals surface area contributed by atoms with E-state index in [0.29, 0.717) is 22.0 Å². The van der Waals surface area contributed by atoms with Crippen LogP contribution in [0.5, 0.6) is 0 Å². The minimum Gasteiger partial charge on any atom is -0.366 e. The third-order valence-corrected chi connectivity index (χ3v) is 7.03. The zero-order valence-corrected chi connectivity index (χ0v) is 19.0. The maximum atomic E-state index is 12.9. The topological polar surface area (TPSA) is 88.4 Å². The maximum Gasteiger partial charge on any atom is 0.293 e. The molecule has 1 fully saturated rings. The molecule has 0 unspecified atom stereocenters. The number of carbonyl (C=O) groups excluding carboxylic acids is 1. The van der Waals surface area contributed by atoms with Gasteiger partial charge in [0.15, 0.2) is 0 Å². The van der Waals surface area contributed by atoms with Crippen molar-refractivity contribution in [3.8, 4) is 10.6 Å². The van der Waals surface area contributed by atoms with Gasteiger partial charge < -0.3 is 10.2 Å². The molecule has 3 aromatic carbocycles. The van der Waals surface area contributed by atoms with Crippen LogP contribution in [0, 0.1) is 10.1 Å². The monoisotopic (exact) mass is 478 g/mol. The van der Waals surface area contributed by atoms with E-state index in [1.807, 2.05) is 29.2 Å². The molecule has 5 rings (SSSR count). The van der Waals surface area contributed by atoms with E-state index in [9.17, 15) is 14.9 Å². The van der Waals surface area contributed by atoms with Crippen LogP contribution in [0.15, 0.2) is 60.7 Å². The summed E-state index contributed by atoms with van der Waals surface area (Å²) in [4.78, 5) is 30.8. The highest BCUT2D eigenvalue weighted by Crippen LogP contribution is 2.36. The molecule has 1 aromatic heterocycles. The minimum atomic E-state index is -0.433. The number of amides is 1. The standard InChI is InChI=1S/C24H19ClN4O3S/c25-18-9-8-16(14-17(18)24-27-19-5-1-2-6-22(19)33-24)26-23(30)15-7-10-20(21(13-15)29(31)32)28-11-3-4-12-28/h1-2,5-10,13-14H,3-4,11-12H2,(H,26,30). The van der Waals surface area contributed by atoms with Crippen LogP contribution in [0.25, 0.3) is 20.8 Å².